The van der Waals surface area contributed by atoms with Gasteiger partial charge in [-0.15, -0.1) is 0 Å². The van der Waals surface area contributed by atoms with E-state index in [1.54, 1.807) is 0 Å². The minimum Gasteiger partial charge on any atom is -0.329 e. The van der Waals surface area contributed by atoms with Gasteiger partial charge < -0.3 is 5.73 Å². The maximum Gasteiger partial charge on any atom is 0.148 e. The van der Waals surface area contributed by atoms with Gasteiger partial charge in [-0.1, -0.05) is 22.0 Å². The van der Waals surface area contributed by atoms with Crippen LogP contribution in [0.3, 0.4) is 0 Å². The number of sulfone groups is 1. The lowest BCUT2D eigenvalue weighted by molar-refractivity contribution is 0.116. The molecule has 0 heterocycles. The van der Waals surface area contributed by atoms with Crippen molar-refractivity contribution in [3.8, 4) is 0 Å². The maximum atomic E-state index is 11.4. The van der Waals surface area contributed by atoms with E-state index in [4.69, 9.17) is 5.73 Å². The second-order valence-electron chi connectivity index (χ2n) is 6.07. The minimum atomic E-state index is -2.95. The van der Waals surface area contributed by atoms with Gasteiger partial charge in [-0.25, -0.2) is 8.42 Å². The highest BCUT2D eigenvalue weighted by Gasteiger charge is 2.37. The van der Waals surface area contributed by atoms with Gasteiger partial charge in [-0.2, -0.15) is 0 Å². The number of aryl methyl sites for hydroxylation is 1. The van der Waals surface area contributed by atoms with E-state index in [1.807, 2.05) is 7.05 Å². The van der Waals surface area contributed by atoms with Gasteiger partial charge in [0, 0.05) is 29.4 Å². The SMILES string of the molecule is CN(CCS(C)(=O)=O)C1(CN)CCc2cc(Br)ccc2C1. The fraction of sp³-hybridized carbons (Fsp3) is 0.600. The van der Waals surface area contributed by atoms with Gasteiger partial charge in [0.15, 0.2) is 0 Å². The molecule has 0 aromatic heterocycles. The van der Waals surface area contributed by atoms with E-state index in [1.165, 1.54) is 17.4 Å². The van der Waals surface area contributed by atoms with Gasteiger partial charge in [0.25, 0.3) is 0 Å². The first-order valence-corrected chi connectivity index (χ1v) is 9.97. The molecule has 2 rings (SSSR count). The summed E-state index contributed by atoms with van der Waals surface area (Å²) in [6, 6.07) is 6.38. The molecule has 0 saturated heterocycles. The van der Waals surface area contributed by atoms with Crippen molar-refractivity contribution in [3.63, 3.8) is 0 Å². The van der Waals surface area contributed by atoms with Gasteiger partial charge in [0.2, 0.25) is 0 Å². The molecular formula is C15H23BrN2O2S. The molecule has 0 bridgehead atoms. The number of hydrogen-bond acceptors (Lipinski definition) is 4. The molecule has 0 fully saturated rings. The number of nitrogens with zero attached hydrogens (tertiary/aromatic N) is 1. The molecule has 1 aromatic carbocycles. The van der Waals surface area contributed by atoms with Crippen LogP contribution < -0.4 is 5.73 Å². The van der Waals surface area contributed by atoms with Gasteiger partial charge in [-0.05, 0) is 49.6 Å². The highest BCUT2D eigenvalue weighted by atomic mass is 79.9. The second kappa shape index (κ2) is 6.36. The molecule has 1 atom stereocenters. The summed E-state index contributed by atoms with van der Waals surface area (Å²) in [6.45, 7) is 1.07. The predicted molar refractivity (Wildman–Crippen MR) is 90.3 cm³/mol. The monoisotopic (exact) mass is 374 g/mol. The third-order valence-corrected chi connectivity index (χ3v) is 5.95. The van der Waals surface area contributed by atoms with Crippen LogP contribution in [0.4, 0.5) is 0 Å². The van der Waals surface area contributed by atoms with Gasteiger partial charge in [0.05, 0.1) is 5.75 Å². The summed E-state index contributed by atoms with van der Waals surface area (Å²) in [4.78, 5) is 2.14. The quantitative estimate of drug-likeness (QED) is 0.850. The Morgan fingerprint density at radius 1 is 1.38 bits per heavy atom. The van der Waals surface area contributed by atoms with Crippen LogP contribution in [0.15, 0.2) is 22.7 Å². The summed E-state index contributed by atoms with van der Waals surface area (Å²) in [7, 11) is -0.960. The fourth-order valence-corrected chi connectivity index (χ4v) is 4.02. The van der Waals surface area contributed by atoms with Gasteiger partial charge >= 0.3 is 0 Å². The van der Waals surface area contributed by atoms with Crippen molar-refractivity contribution in [3.05, 3.63) is 33.8 Å². The number of hydrogen-bond donors (Lipinski definition) is 1. The number of halogens is 1. The molecule has 0 radical (unpaired) electrons. The highest BCUT2D eigenvalue weighted by Crippen LogP contribution is 2.33. The molecule has 1 unspecified atom stereocenters. The molecule has 0 saturated carbocycles. The van der Waals surface area contributed by atoms with E-state index in [0.717, 1.165) is 23.7 Å². The smallest absolute Gasteiger partial charge is 0.148 e. The van der Waals surface area contributed by atoms with Crippen molar-refractivity contribution in [2.75, 3.05) is 32.1 Å². The van der Waals surface area contributed by atoms with Crippen LogP contribution in [-0.4, -0.2) is 51.0 Å². The van der Waals surface area contributed by atoms with Crippen LogP contribution in [0.5, 0.6) is 0 Å². The lowest BCUT2D eigenvalue weighted by Crippen LogP contribution is -2.56. The molecule has 0 amide bonds. The average Bonchev–Trinajstić information content (AvgIpc) is 2.43. The first kappa shape index (κ1) is 16.9. The van der Waals surface area contributed by atoms with Crippen molar-refractivity contribution in [2.45, 2.75) is 24.8 Å². The van der Waals surface area contributed by atoms with E-state index in [9.17, 15) is 8.42 Å². The molecular weight excluding hydrogens is 352 g/mol. The predicted octanol–water partition coefficient (Wildman–Crippen LogP) is 1.61. The largest absolute Gasteiger partial charge is 0.329 e. The van der Waals surface area contributed by atoms with Gasteiger partial charge in [-0.3, -0.25) is 4.90 Å². The zero-order valence-electron chi connectivity index (χ0n) is 12.6. The van der Waals surface area contributed by atoms with Crippen LogP contribution in [0.1, 0.15) is 17.5 Å². The molecule has 6 heteroatoms. The van der Waals surface area contributed by atoms with Crippen molar-refractivity contribution in [1.82, 2.24) is 4.90 Å². The number of fused-ring (bicyclic) bond motifs is 1. The summed E-state index contributed by atoms with van der Waals surface area (Å²) in [6.07, 6.45) is 4.11. The molecule has 0 spiro atoms. The second-order valence-corrected chi connectivity index (χ2v) is 9.25. The van der Waals surface area contributed by atoms with E-state index in [0.29, 0.717) is 13.1 Å². The Morgan fingerprint density at radius 3 is 2.71 bits per heavy atom. The number of likely N-dealkylation sites (N-methyl/N-ethyl adjacent to an activating group) is 1. The maximum absolute atomic E-state index is 11.4. The normalized spacial score (nSPS) is 22.3. The Hall–Kier alpha value is -0.430. The first-order chi connectivity index (χ1) is 9.76. The van der Waals surface area contributed by atoms with Gasteiger partial charge in [0.1, 0.15) is 9.84 Å². The highest BCUT2D eigenvalue weighted by molar-refractivity contribution is 9.10. The molecule has 0 aliphatic heterocycles. The number of nitrogens with two attached hydrogens (primary N) is 1. The van der Waals surface area contributed by atoms with Crippen LogP contribution in [0.2, 0.25) is 0 Å². The zero-order valence-corrected chi connectivity index (χ0v) is 15.0. The Kier molecular flexibility index (Phi) is 5.13. The summed E-state index contributed by atoms with van der Waals surface area (Å²) in [5.74, 6) is 0.179. The summed E-state index contributed by atoms with van der Waals surface area (Å²) >= 11 is 3.51. The molecule has 1 aliphatic carbocycles. The lowest BCUT2D eigenvalue weighted by Gasteiger charge is -2.44. The summed E-state index contributed by atoms with van der Waals surface area (Å²) in [5.41, 5.74) is 8.62. The van der Waals surface area contributed by atoms with Crippen molar-refractivity contribution in [1.29, 1.82) is 0 Å². The number of rotatable bonds is 5. The van der Waals surface area contributed by atoms with Crippen molar-refractivity contribution >= 4 is 25.8 Å². The summed E-state index contributed by atoms with van der Waals surface area (Å²) in [5, 5.41) is 0. The molecule has 21 heavy (non-hydrogen) atoms. The lowest BCUT2D eigenvalue weighted by atomic mass is 9.77. The van der Waals surface area contributed by atoms with Crippen LogP contribution >= 0.6 is 15.9 Å². The van der Waals surface area contributed by atoms with Crippen LogP contribution in [0, 0.1) is 0 Å². The molecule has 1 aromatic rings. The van der Waals surface area contributed by atoms with Crippen molar-refractivity contribution < 1.29 is 8.42 Å². The Bertz CT molecular complexity index is 618. The molecule has 118 valence electrons. The third-order valence-electron chi connectivity index (χ3n) is 4.53. The average molecular weight is 375 g/mol. The zero-order chi connectivity index (χ0) is 15.7. The summed E-state index contributed by atoms with van der Waals surface area (Å²) < 4.78 is 23.9. The van der Waals surface area contributed by atoms with E-state index < -0.39 is 9.84 Å². The standard InChI is InChI=1S/C15H23BrN2O2S/c1-18(7-8-21(2,19)20)15(11-17)6-5-12-9-14(16)4-3-13(12)10-15/h3-4,9H,5-8,10-11,17H2,1-2H3. The minimum absolute atomic E-state index is 0.133. The van der Waals surface area contributed by atoms with Crippen LogP contribution in [-0.2, 0) is 22.7 Å². The Balaban J connectivity index is 2.18. The Labute approximate surface area is 135 Å². The van der Waals surface area contributed by atoms with E-state index >= 15 is 0 Å². The van der Waals surface area contributed by atoms with E-state index in [2.05, 4.69) is 39.0 Å². The van der Waals surface area contributed by atoms with Crippen molar-refractivity contribution in [2.24, 2.45) is 5.73 Å². The van der Waals surface area contributed by atoms with E-state index in [-0.39, 0.29) is 11.3 Å². The molecule has 4 nitrogen and oxygen atoms in total. The molecule has 1 aliphatic rings. The first-order valence-electron chi connectivity index (χ1n) is 7.12. The number of benzene rings is 1. The third kappa shape index (κ3) is 4.06. The van der Waals surface area contributed by atoms with Crippen LogP contribution in [0.25, 0.3) is 0 Å². The fourth-order valence-electron chi connectivity index (χ4n) is 3.01. The Morgan fingerprint density at radius 2 is 2.10 bits per heavy atom. The molecule has 2 N–H and O–H groups in total. The topological polar surface area (TPSA) is 63.4 Å².